The van der Waals surface area contributed by atoms with Gasteiger partial charge >= 0.3 is 11.9 Å². The van der Waals surface area contributed by atoms with E-state index in [1.807, 2.05) is 25.1 Å². The van der Waals surface area contributed by atoms with Crippen molar-refractivity contribution in [1.29, 1.82) is 0 Å². The first-order chi connectivity index (χ1) is 20.2. The van der Waals surface area contributed by atoms with Gasteiger partial charge in [-0.2, -0.15) is 0 Å². The Morgan fingerprint density at radius 3 is 2.05 bits per heavy atom. The van der Waals surface area contributed by atoms with E-state index >= 15 is 0 Å². The molecule has 1 unspecified atom stereocenters. The molecule has 1 aliphatic rings. The lowest BCUT2D eigenvalue weighted by molar-refractivity contribution is -0.139. The molecule has 42 heavy (non-hydrogen) atoms. The maximum Gasteiger partial charge on any atom is 0.320 e. The van der Waals surface area contributed by atoms with Crippen LogP contribution in [0.2, 0.25) is 0 Å². The molecule has 0 saturated heterocycles. The van der Waals surface area contributed by atoms with E-state index in [9.17, 15) is 19.2 Å². The number of carboxylic acid groups (broad SMARTS) is 2. The number of nitrogens with two attached hydrogens (primary N) is 3. The van der Waals surface area contributed by atoms with Gasteiger partial charge in [0.15, 0.2) is 0 Å². The zero-order valence-corrected chi connectivity index (χ0v) is 24.9. The Hall–Kier alpha value is -3.60. The summed E-state index contributed by atoms with van der Waals surface area (Å²) in [6.07, 6.45) is 10.7. The standard InChI is InChI=1S/C11H13NO2.C8H11N.C8H14O2.C5H12N2O2/c1-2-3-11(14)12-10-6-4-9(8-13)5-7-10;9-7-6-8-4-2-1-3-5-8;9-8(10)6-7-4-2-1-3-5-7;6-3-1-2-4(7)5(8)9/h4-8H,2-3H2,1H3,(H,12,14);1-5H,6-7,9H2;7H,1-6H2,(H,9,10);4H,1-3,6-7H2,(H,8,9). The molecule has 2 aromatic carbocycles. The number of aldehydes is 1. The summed E-state index contributed by atoms with van der Waals surface area (Å²) in [5.74, 6) is -1.10. The molecule has 1 aliphatic carbocycles. The van der Waals surface area contributed by atoms with Gasteiger partial charge in [-0.15, -0.1) is 0 Å². The van der Waals surface area contributed by atoms with Gasteiger partial charge in [-0.25, -0.2) is 0 Å². The molecule has 234 valence electrons. The van der Waals surface area contributed by atoms with Crippen molar-refractivity contribution < 1.29 is 29.4 Å². The van der Waals surface area contributed by atoms with Crippen LogP contribution >= 0.6 is 0 Å². The first-order valence-electron chi connectivity index (χ1n) is 14.7. The summed E-state index contributed by atoms with van der Waals surface area (Å²) in [6.45, 7) is 3.19. The molecule has 1 atom stereocenters. The average Bonchev–Trinajstić information content (AvgIpc) is 2.98. The van der Waals surface area contributed by atoms with Crippen molar-refractivity contribution in [2.24, 2.45) is 23.1 Å². The number of amides is 1. The number of hydrogen-bond donors (Lipinski definition) is 6. The molecule has 9 N–H and O–H groups in total. The van der Waals surface area contributed by atoms with Crippen LogP contribution in [0.1, 0.15) is 87.1 Å². The predicted octanol–water partition coefficient (Wildman–Crippen LogP) is 4.60. The van der Waals surface area contributed by atoms with Crippen LogP contribution in [0, 0.1) is 5.92 Å². The number of carbonyl (C=O) groups is 4. The van der Waals surface area contributed by atoms with Gasteiger partial charge in [0.25, 0.3) is 0 Å². The third-order valence-electron chi connectivity index (χ3n) is 6.31. The van der Waals surface area contributed by atoms with Gasteiger partial charge in [-0.3, -0.25) is 19.2 Å². The summed E-state index contributed by atoms with van der Waals surface area (Å²) in [5.41, 5.74) is 18.3. The summed E-state index contributed by atoms with van der Waals surface area (Å²) < 4.78 is 0. The number of hydrogen-bond acceptors (Lipinski definition) is 7. The monoisotopic (exact) mass is 586 g/mol. The zero-order valence-electron chi connectivity index (χ0n) is 24.9. The highest BCUT2D eigenvalue weighted by molar-refractivity contribution is 5.91. The topological polar surface area (TPSA) is 199 Å². The Labute approximate surface area is 250 Å². The Balaban J connectivity index is 0.000000544. The highest BCUT2D eigenvalue weighted by atomic mass is 16.4. The van der Waals surface area contributed by atoms with Crippen LogP contribution in [0.4, 0.5) is 5.69 Å². The van der Waals surface area contributed by atoms with Crippen LogP contribution in [-0.2, 0) is 20.8 Å². The van der Waals surface area contributed by atoms with Gasteiger partial charge in [0.2, 0.25) is 5.91 Å². The van der Waals surface area contributed by atoms with E-state index in [0.717, 1.165) is 44.2 Å². The molecule has 0 aromatic heterocycles. The second-order valence-corrected chi connectivity index (χ2v) is 10.0. The lowest BCUT2D eigenvalue weighted by Crippen LogP contribution is -2.30. The van der Waals surface area contributed by atoms with Crippen molar-refractivity contribution in [1.82, 2.24) is 0 Å². The van der Waals surface area contributed by atoms with E-state index in [-0.39, 0.29) is 5.91 Å². The van der Waals surface area contributed by atoms with E-state index in [1.54, 1.807) is 24.3 Å². The highest BCUT2D eigenvalue weighted by Gasteiger charge is 2.15. The van der Waals surface area contributed by atoms with Crippen LogP contribution in [0.15, 0.2) is 54.6 Å². The summed E-state index contributed by atoms with van der Waals surface area (Å²) >= 11 is 0. The SMILES string of the molecule is CCCC(=O)Nc1ccc(C=O)cc1.NCCCC(N)C(=O)O.NCCc1ccccc1.O=C(O)CC1CCCCC1. The van der Waals surface area contributed by atoms with Crippen molar-refractivity contribution >= 4 is 29.8 Å². The van der Waals surface area contributed by atoms with Crippen LogP contribution in [0.3, 0.4) is 0 Å². The van der Waals surface area contributed by atoms with Crippen molar-refractivity contribution in [2.75, 3.05) is 18.4 Å². The van der Waals surface area contributed by atoms with E-state index < -0.39 is 18.0 Å². The highest BCUT2D eigenvalue weighted by Crippen LogP contribution is 2.25. The molecule has 10 heteroatoms. The smallest absolute Gasteiger partial charge is 0.320 e. The maximum atomic E-state index is 11.2. The molecule has 10 nitrogen and oxygen atoms in total. The average molecular weight is 587 g/mol. The minimum absolute atomic E-state index is 0.00588. The number of nitrogens with one attached hydrogen (secondary N) is 1. The summed E-state index contributed by atoms with van der Waals surface area (Å²) in [5, 5.41) is 19.4. The molecule has 1 fully saturated rings. The number of carbonyl (C=O) groups excluding carboxylic acids is 2. The van der Waals surface area contributed by atoms with Crippen LogP contribution in [0.5, 0.6) is 0 Å². The van der Waals surface area contributed by atoms with E-state index in [2.05, 4.69) is 17.4 Å². The third kappa shape index (κ3) is 21.2. The second kappa shape index (κ2) is 25.1. The fraction of sp³-hybridized carbons (Fsp3) is 0.500. The lowest BCUT2D eigenvalue weighted by atomic mass is 9.87. The Bertz CT molecular complexity index is 996. The minimum Gasteiger partial charge on any atom is -0.481 e. The van der Waals surface area contributed by atoms with E-state index in [1.165, 1.54) is 24.8 Å². The minimum atomic E-state index is -0.955. The third-order valence-corrected chi connectivity index (χ3v) is 6.31. The Morgan fingerprint density at radius 2 is 1.57 bits per heavy atom. The molecular formula is C32H50N4O6. The molecule has 0 spiro atoms. The largest absolute Gasteiger partial charge is 0.481 e. The summed E-state index contributed by atoms with van der Waals surface area (Å²) in [6, 6.07) is 16.3. The molecule has 0 aliphatic heterocycles. The molecular weight excluding hydrogens is 536 g/mol. The van der Waals surface area contributed by atoms with E-state index in [4.69, 9.17) is 27.4 Å². The van der Waals surface area contributed by atoms with Crippen LogP contribution in [-0.4, -0.2) is 53.5 Å². The summed E-state index contributed by atoms with van der Waals surface area (Å²) in [7, 11) is 0. The molecule has 1 saturated carbocycles. The van der Waals surface area contributed by atoms with Crippen molar-refractivity contribution in [2.45, 2.75) is 83.6 Å². The van der Waals surface area contributed by atoms with Gasteiger partial charge in [0.1, 0.15) is 12.3 Å². The normalized spacial score (nSPS) is 13.0. The number of anilines is 1. The number of benzene rings is 2. The molecule has 0 radical (unpaired) electrons. The first kappa shape index (κ1) is 38.4. The molecule has 1 amide bonds. The molecule has 3 rings (SSSR count). The summed E-state index contributed by atoms with van der Waals surface area (Å²) in [4.78, 5) is 41.8. The van der Waals surface area contributed by atoms with Gasteiger partial charge in [-0.05, 0) is 87.4 Å². The van der Waals surface area contributed by atoms with Crippen molar-refractivity contribution in [3.05, 3.63) is 65.7 Å². The van der Waals surface area contributed by atoms with Gasteiger partial charge in [0.05, 0.1) is 0 Å². The second-order valence-electron chi connectivity index (χ2n) is 10.0. The lowest BCUT2D eigenvalue weighted by Gasteiger charge is -2.18. The Morgan fingerprint density at radius 1 is 0.952 bits per heavy atom. The predicted molar refractivity (Wildman–Crippen MR) is 167 cm³/mol. The fourth-order valence-electron chi connectivity index (χ4n) is 4.01. The zero-order chi connectivity index (χ0) is 31.6. The number of aliphatic carboxylic acids is 2. The van der Waals surface area contributed by atoms with Crippen molar-refractivity contribution in [3.8, 4) is 0 Å². The molecule has 2 aromatic rings. The molecule has 0 heterocycles. The maximum absolute atomic E-state index is 11.2. The van der Waals surface area contributed by atoms with E-state index in [0.29, 0.717) is 43.7 Å². The van der Waals surface area contributed by atoms with Crippen LogP contribution in [0.25, 0.3) is 0 Å². The molecule has 0 bridgehead atoms. The first-order valence-corrected chi connectivity index (χ1v) is 14.7. The number of carboxylic acids is 2. The van der Waals surface area contributed by atoms with Gasteiger partial charge in [-0.1, -0.05) is 56.5 Å². The fourth-order valence-corrected chi connectivity index (χ4v) is 4.01. The van der Waals surface area contributed by atoms with Gasteiger partial charge in [0, 0.05) is 24.1 Å². The van der Waals surface area contributed by atoms with Gasteiger partial charge < -0.3 is 32.7 Å². The van der Waals surface area contributed by atoms with Crippen molar-refractivity contribution in [3.63, 3.8) is 0 Å². The van der Waals surface area contributed by atoms with Crippen LogP contribution < -0.4 is 22.5 Å². The quantitative estimate of drug-likeness (QED) is 0.192. The Kier molecular flexibility index (Phi) is 23.0. The number of rotatable bonds is 12.